The van der Waals surface area contributed by atoms with Crippen molar-refractivity contribution in [3.05, 3.63) is 0 Å². The number of hydrogen-bond acceptors (Lipinski definition) is 1. The second-order valence-electron chi connectivity index (χ2n) is 11.2. The Bertz CT molecular complexity index is 740. The Morgan fingerprint density at radius 3 is 2.26 bits per heavy atom. The van der Waals surface area contributed by atoms with E-state index >= 15 is 17.6 Å². The van der Waals surface area contributed by atoms with Crippen LogP contribution in [0.2, 0.25) is 0 Å². The molecule has 8 heteroatoms. The molecular formula is C23H32F6O2. The van der Waals surface area contributed by atoms with E-state index in [4.69, 9.17) is 5.11 Å². The number of carboxylic acids is 1. The summed E-state index contributed by atoms with van der Waals surface area (Å²) in [4.78, 5) is 10.9. The number of rotatable bonds is 4. The summed E-state index contributed by atoms with van der Waals surface area (Å²) in [5, 5.41) is 8.88. The summed E-state index contributed by atoms with van der Waals surface area (Å²) in [5.41, 5.74) is -2.54. The molecule has 0 saturated heterocycles. The number of halogens is 6. The van der Waals surface area contributed by atoms with Crippen LogP contribution in [0, 0.1) is 40.4 Å². The van der Waals surface area contributed by atoms with Crippen molar-refractivity contribution < 1.29 is 36.2 Å². The molecular weight excluding hydrogens is 422 g/mol. The van der Waals surface area contributed by atoms with Crippen LogP contribution in [-0.4, -0.2) is 28.8 Å². The van der Waals surface area contributed by atoms with E-state index in [1.807, 2.05) is 0 Å². The highest BCUT2D eigenvalue weighted by molar-refractivity contribution is 5.66. The minimum absolute atomic E-state index is 0.00344. The Labute approximate surface area is 179 Å². The average Bonchev–Trinajstić information content (AvgIpc) is 2.95. The van der Waals surface area contributed by atoms with Gasteiger partial charge in [0.2, 0.25) is 5.92 Å². The summed E-state index contributed by atoms with van der Waals surface area (Å²) >= 11 is 0. The SMILES string of the molecule is CC12CCC(F)(F)CC1CC(F)(F)C1C2CC(F)(F)C2(C)C(CCCC(=O)O)CCC12. The Hall–Kier alpha value is -0.950. The molecule has 4 aliphatic rings. The Kier molecular flexibility index (Phi) is 5.26. The highest BCUT2D eigenvalue weighted by Crippen LogP contribution is 2.74. The van der Waals surface area contributed by atoms with Gasteiger partial charge >= 0.3 is 5.97 Å². The van der Waals surface area contributed by atoms with Gasteiger partial charge in [-0.2, -0.15) is 0 Å². The number of alkyl halides is 6. The van der Waals surface area contributed by atoms with Crippen molar-refractivity contribution in [2.45, 2.75) is 95.8 Å². The van der Waals surface area contributed by atoms with Gasteiger partial charge in [0, 0.05) is 43.4 Å². The fraction of sp³-hybridized carbons (Fsp3) is 0.957. The van der Waals surface area contributed by atoms with Crippen molar-refractivity contribution in [2.24, 2.45) is 40.4 Å². The molecule has 7 unspecified atom stereocenters. The second kappa shape index (κ2) is 7.02. The van der Waals surface area contributed by atoms with E-state index in [1.165, 1.54) is 6.92 Å². The van der Waals surface area contributed by atoms with E-state index in [2.05, 4.69) is 0 Å². The molecule has 0 aliphatic heterocycles. The van der Waals surface area contributed by atoms with Crippen LogP contribution in [-0.2, 0) is 4.79 Å². The molecule has 0 aromatic rings. The molecule has 0 heterocycles. The standard InChI is InChI=1S/C23H32F6O2/c1-19-8-9-21(24,25)10-14(19)11-22(26,27)18-15-7-6-13(4-3-5-17(30)31)20(15,2)23(28,29)12-16(18)19/h13-16,18H,3-12H2,1-2H3,(H,30,31). The normalized spacial score (nSPS) is 47.2. The quantitative estimate of drug-likeness (QED) is 0.463. The van der Waals surface area contributed by atoms with Crippen molar-refractivity contribution in [3.8, 4) is 0 Å². The second-order valence-corrected chi connectivity index (χ2v) is 11.2. The van der Waals surface area contributed by atoms with Gasteiger partial charge in [-0.25, -0.2) is 26.3 Å². The summed E-state index contributed by atoms with van der Waals surface area (Å²) in [6.45, 7) is 3.11. The third-order valence-electron chi connectivity index (χ3n) is 9.88. The van der Waals surface area contributed by atoms with E-state index in [0.29, 0.717) is 6.42 Å². The average molecular weight is 454 g/mol. The number of carboxylic acid groups (broad SMARTS) is 1. The van der Waals surface area contributed by atoms with Gasteiger partial charge in [0.05, 0.1) is 0 Å². The largest absolute Gasteiger partial charge is 0.481 e. The molecule has 0 radical (unpaired) electrons. The van der Waals surface area contributed by atoms with Crippen molar-refractivity contribution in [1.82, 2.24) is 0 Å². The van der Waals surface area contributed by atoms with Crippen molar-refractivity contribution in [3.63, 3.8) is 0 Å². The predicted molar refractivity (Wildman–Crippen MR) is 102 cm³/mol. The van der Waals surface area contributed by atoms with Gasteiger partial charge in [-0.3, -0.25) is 4.79 Å². The van der Waals surface area contributed by atoms with Gasteiger partial charge in [0.15, 0.2) is 0 Å². The van der Waals surface area contributed by atoms with E-state index < -0.39 is 89.8 Å². The van der Waals surface area contributed by atoms with Crippen LogP contribution in [0.3, 0.4) is 0 Å². The van der Waals surface area contributed by atoms with E-state index in [-0.39, 0.29) is 32.1 Å². The molecule has 0 aromatic carbocycles. The van der Waals surface area contributed by atoms with Crippen molar-refractivity contribution in [1.29, 1.82) is 0 Å². The molecule has 31 heavy (non-hydrogen) atoms. The first-order chi connectivity index (χ1) is 14.1. The third kappa shape index (κ3) is 3.40. The van der Waals surface area contributed by atoms with Gasteiger partial charge < -0.3 is 5.11 Å². The lowest BCUT2D eigenvalue weighted by atomic mass is 9.42. The number of carbonyl (C=O) groups is 1. The van der Waals surface area contributed by atoms with Crippen molar-refractivity contribution in [2.75, 3.05) is 0 Å². The van der Waals surface area contributed by atoms with Gasteiger partial charge in [0.25, 0.3) is 11.8 Å². The highest BCUT2D eigenvalue weighted by atomic mass is 19.3. The molecule has 0 amide bonds. The van der Waals surface area contributed by atoms with Crippen LogP contribution < -0.4 is 0 Å². The summed E-state index contributed by atoms with van der Waals surface area (Å²) in [6, 6.07) is 0. The smallest absolute Gasteiger partial charge is 0.303 e. The van der Waals surface area contributed by atoms with Crippen LogP contribution in [0.4, 0.5) is 26.3 Å². The first-order valence-electron chi connectivity index (χ1n) is 11.5. The molecule has 4 saturated carbocycles. The fourth-order valence-electron chi connectivity index (χ4n) is 8.10. The summed E-state index contributed by atoms with van der Waals surface area (Å²) in [5.74, 6) is -15.0. The van der Waals surface area contributed by atoms with Gasteiger partial charge in [-0.15, -0.1) is 0 Å². The predicted octanol–water partition coefficient (Wildman–Crippen LogP) is 7.03. The monoisotopic (exact) mass is 454 g/mol. The Morgan fingerprint density at radius 1 is 0.935 bits per heavy atom. The minimum Gasteiger partial charge on any atom is -0.481 e. The molecule has 7 atom stereocenters. The number of hydrogen-bond donors (Lipinski definition) is 1. The zero-order chi connectivity index (χ0) is 23.0. The maximum atomic E-state index is 15.8. The molecule has 178 valence electrons. The lowest BCUT2D eigenvalue weighted by molar-refractivity contribution is -0.299. The molecule has 4 fully saturated rings. The third-order valence-corrected chi connectivity index (χ3v) is 9.88. The van der Waals surface area contributed by atoms with Crippen LogP contribution in [0.5, 0.6) is 0 Å². The maximum Gasteiger partial charge on any atom is 0.303 e. The first kappa shape index (κ1) is 23.2. The molecule has 4 rings (SSSR count). The Morgan fingerprint density at radius 2 is 1.61 bits per heavy atom. The molecule has 0 aromatic heterocycles. The lowest BCUT2D eigenvalue weighted by Crippen LogP contribution is -2.66. The molecule has 0 bridgehead atoms. The van der Waals surface area contributed by atoms with E-state index in [1.54, 1.807) is 6.92 Å². The number of fused-ring (bicyclic) bond motifs is 5. The fourth-order valence-corrected chi connectivity index (χ4v) is 8.10. The lowest BCUT2D eigenvalue weighted by Gasteiger charge is -2.64. The molecule has 0 spiro atoms. The summed E-state index contributed by atoms with van der Waals surface area (Å²) in [6.07, 6.45) is -1.36. The zero-order valence-electron chi connectivity index (χ0n) is 18.1. The molecule has 1 N–H and O–H groups in total. The minimum atomic E-state index is -3.25. The van der Waals surface area contributed by atoms with E-state index in [9.17, 15) is 13.6 Å². The van der Waals surface area contributed by atoms with Gasteiger partial charge in [-0.1, -0.05) is 13.8 Å². The Balaban J connectivity index is 1.68. The van der Waals surface area contributed by atoms with Crippen LogP contribution >= 0.6 is 0 Å². The maximum absolute atomic E-state index is 15.8. The first-order valence-corrected chi connectivity index (χ1v) is 11.5. The molecule has 2 nitrogen and oxygen atoms in total. The zero-order valence-corrected chi connectivity index (χ0v) is 18.1. The summed E-state index contributed by atoms with van der Waals surface area (Å²) in [7, 11) is 0. The van der Waals surface area contributed by atoms with Gasteiger partial charge in [0.1, 0.15) is 0 Å². The van der Waals surface area contributed by atoms with Crippen molar-refractivity contribution >= 4 is 5.97 Å². The van der Waals surface area contributed by atoms with Crippen LogP contribution in [0.15, 0.2) is 0 Å². The topological polar surface area (TPSA) is 37.3 Å². The van der Waals surface area contributed by atoms with Crippen LogP contribution in [0.25, 0.3) is 0 Å². The van der Waals surface area contributed by atoms with E-state index in [0.717, 1.165) is 0 Å². The number of aliphatic carboxylic acids is 1. The summed E-state index contributed by atoms with van der Waals surface area (Å²) < 4.78 is 90.7. The van der Waals surface area contributed by atoms with Crippen LogP contribution in [0.1, 0.15) is 78.1 Å². The van der Waals surface area contributed by atoms with Gasteiger partial charge in [-0.05, 0) is 61.2 Å². The highest BCUT2D eigenvalue weighted by Gasteiger charge is 2.75. The molecule has 4 aliphatic carbocycles.